The smallest absolute Gasteiger partial charge is 0.744 e. The third-order valence-corrected chi connectivity index (χ3v) is 9.68. The van der Waals surface area contributed by atoms with Crippen molar-refractivity contribution in [3.8, 4) is 5.75 Å². The molecule has 1 aliphatic carbocycles. The van der Waals surface area contributed by atoms with Gasteiger partial charge in [0.15, 0.2) is 5.75 Å². The average molecular weight is 723 g/mol. The summed E-state index contributed by atoms with van der Waals surface area (Å²) in [6, 6.07) is 13.5. The number of azo groups is 1. The molecule has 0 aliphatic heterocycles. The fourth-order valence-electron chi connectivity index (χ4n) is 5.26. The number of halogens is 2. The van der Waals surface area contributed by atoms with Crippen LogP contribution in [0.1, 0.15) is 53.9 Å². The fourth-order valence-corrected chi connectivity index (χ4v) is 6.94. The zero-order chi connectivity index (χ0) is 31.8. The van der Waals surface area contributed by atoms with E-state index in [1.807, 2.05) is 12.1 Å². The van der Waals surface area contributed by atoms with Gasteiger partial charge in [0.25, 0.3) is 5.91 Å². The van der Waals surface area contributed by atoms with E-state index in [-0.39, 0.29) is 86.1 Å². The molecule has 5 rings (SSSR count). The first-order chi connectivity index (χ1) is 20.7. The molecule has 0 radical (unpaired) electrons. The maximum atomic E-state index is 13.1. The van der Waals surface area contributed by atoms with Crippen molar-refractivity contribution >= 4 is 77.2 Å². The van der Waals surface area contributed by atoms with Crippen LogP contribution < -0.4 is 64.4 Å². The number of phenolic OH excluding ortho intramolecular Hbond substituents is 1. The number of carbonyl (C=O) groups excluding carboxylic acids is 1. The third-order valence-electron chi connectivity index (χ3n) is 7.37. The van der Waals surface area contributed by atoms with Gasteiger partial charge in [-0.2, -0.15) is 5.11 Å². The largest absolute Gasteiger partial charge is 1.00 e. The standard InChI is InChI=1S/C29H25Cl2N3O8S2.2Na/c30-18-8-11-22(31)20(14-18)29(36)32-23-12-13-24(43(37,38)39)21-15-25(44(40,41)42)27(28(35)26(21)23)34-33-19-9-6-17(7-10-19)16-4-2-1-3-5-16;;/h6-16,35H,1-5H2,(H,32,36)(H,37,38,39)(H,40,41,42);;/q;2*+1/p-2. The van der Waals surface area contributed by atoms with Crippen LogP contribution >= 0.6 is 23.2 Å². The summed E-state index contributed by atoms with van der Waals surface area (Å²) >= 11 is 12.1. The van der Waals surface area contributed by atoms with Gasteiger partial charge < -0.3 is 19.5 Å². The van der Waals surface area contributed by atoms with Crippen molar-refractivity contribution in [3.05, 3.63) is 81.8 Å². The zero-order valence-corrected chi connectivity index (χ0v) is 31.8. The normalized spacial score (nSPS) is 14.1. The van der Waals surface area contributed by atoms with Gasteiger partial charge in [-0.05, 0) is 72.9 Å². The van der Waals surface area contributed by atoms with E-state index >= 15 is 0 Å². The summed E-state index contributed by atoms with van der Waals surface area (Å²) in [6.07, 6.45) is 5.62. The van der Waals surface area contributed by atoms with E-state index in [0.29, 0.717) is 12.0 Å². The number of carbonyl (C=O) groups is 1. The number of fused-ring (bicyclic) bond motifs is 1. The Hall–Kier alpha value is -1.59. The molecule has 0 spiro atoms. The quantitative estimate of drug-likeness (QED) is 0.163. The number of amides is 1. The molecule has 46 heavy (non-hydrogen) atoms. The summed E-state index contributed by atoms with van der Waals surface area (Å²) in [5.41, 5.74) is 0.238. The number of hydrogen-bond donors (Lipinski definition) is 2. The number of nitrogens with one attached hydrogen (secondary N) is 1. The molecule has 4 aromatic rings. The average Bonchev–Trinajstić information content (AvgIpc) is 2.97. The minimum Gasteiger partial charge on any atom is -0.744 e. The van der Waals surface area contributed by atoms with Gasteiger partial charge in [-0.1, -0.05) is 54.6 Å². The van der Waals surface area contributed by atoms with Gasteiger partial charge in [0, 0.05) is 10.4 Å². The van der Waals surface area contributed by atoms with E-state index in [1.165, 1.54) is 24.6 Å². The Kier molecular flexibility index (Phi) is 13.3. The van der Waals surface area contributed by atoms with Crippen LogP contribution in [0.25, 0.3) is 10.8 Å². The maximum absolute atomic E-state index is 13.1. The van der Waals surface area contributed by atoms with Crippen LogP contribution in [0.3, 0.4) is 0 Å². The summed E-state index contributed by atoms with van der Waals surface area (Å²) < 4.78 is 73.0. The number of anilines is 1. The van der Waals surface area contributed by atoms with Crippen LogP contribution in [0.4, 0.5) is 17.1 Å². The van der Waals surface area contributed by atoms with Gasteiger partial charge in [0.05, 0.1) is 37.1 Å². The molecule has 1 aliphatic rings. The van der Waals surface area contributed by atoms with E-state index in [4.69, 9.17) is 23.2 Å². The fraction of sp³-hybridized carbons (Fsp3) is 0.207. The van der Waals surface area contributed by atoms with Crippen molar-refractivity contribution in [2.45, 2.75) is 47.8 Å². The molecule has 1 saturated carbocycles. The maximum Gasteiger partial charge on any atom is 1.00 e. The van der Waals surface area contributed by atoms with Gasteiger partial charge >= 0.3 is 59.1 Å². The topological polar surface area (TPSA) is 188 Å². The zero-order valence-electron chi connectivity index (χ0n) is 24.7. The van der Waals surface area contributed by atoms with Crippen LogP contribution in [0, 0.1) is 0 Å². The molecule has 1 fully saturated rings. The SMILES string of the molecule is O=C(Nc1ccc(S(=O)(=O)[O-])c2cc(S(=O)(=O)[O-])c(N=Nc3ccc(C4CCCCC4)cc3)c(O)c12)c1cc(Cl)ccc1Cl.[Na+].[Na+]. The molecule has 230 valence electrons. The van der Waals surface area contributed by atoms with Crippen molar-refractivity contribution in [1.82, 2.24) is 0 Å². The molecule has 0 bridgehead atoms. The van der Waals surface area contributed by atoms with Crippen molar-refractivity contribution in [2.75, 3.05) is 5.32 Å². The number of phenols is 1. The summed E-state index contributed by atoms with van der Waals surface area (Å²) in [5.74, 6) is -1.44. The Morgan fingerprint density at radius 2 is 1.46 bits per heavy atom. The molecule has 0 unspecified atom stereocenters. The Bertz CT molecular complexity index is 2040. The number of rotatable bonds is 7. The third kappa shape index (κ3) is 8.70. The Labute approximate surface area is 319 Å². The number of benzene rings is 4. The van der Waals surface area contributed by atoms with E-state index in [9.17, 15) is 35.8 Å². The van der Waals surface area contributed by atoms with Gasteiger partial charge in [-0.15, -0.1) is 5.11 Å². The molecule has 11 nitrogen and oxygen atoms in total. The molecular formula is C29H23Cl2N3Na2O8S2. The molecule has 0 atom stereocenters. The first kappa shape index (κ1) is 38.9. The Morgan fingerprint density at radius 3 is 2.07 bits per heavy atom. The molecule has 0 saturated heterocycles. The predicted molar refractivity (Wildman–Crippen MR) is 162 cm³/mol. The monoisotopic (exact) mass is 721 g/mol. The Morgan fingerprint density at radius 1 is 0.826 bits per heavy atom. The van der Waals surface area contributed by atoms with Crippen molar-refractivity contribution in [1.29, 1.82) is 0 Å². The number of aromatic hydroxyl groups is 1. The number of hydrogen-bond acceptors (Lipinski definition) is 10. The molecule has 1 amide bonds. The predicted octanol–water partition coefficient (Wildman–Crippen LogP) is 1.38. The van der Waals surface area contributed by atoms with Crippen molar-refractivity contribution < 1.29 is 95.0 Å². The second kappa shape index (κ2) is 15.7. The van der Waals surface area contributed by atoms with Gasteiger partial charge in [0.1, 0.15) is 25.9 Å². The second-order valence-corrected chi connectivity index (χ2v) is 13.8. The van der Waals surface area contributed by atoms with Crippen LogP contribution in [0.15, 0.2) is 80.7 Å². The van der Waals surface area contributed by atoms with E-state index < -0.39 is 58.1 Å². The first-order valence-electron chi connectivity index (χ1n) is 13.3. The Balaban J connectivity index is 0.00000288. The minimum atomic E-state index is -5.40. The van der Waals surface area contributed by atoms with Crippen LogP contribution in [0.2, 0.25) is 10.0 Å². The van der Waals surface area contributed by atoms with Crippen LogP contribution in [-0.2, 0) is 20.2 Å². The van der Waals surface area contributed by atoms with Crippen LogP contribution in [0.5, 0.6) is 5.75 Å². The van der Waals surface area contributed by atoms with E-state index in [0.717, 1.165) is 43.4 Å². The van der Waals surface area contributed by atoms with E-state index in [2.05, 4.69) is 15.5 Å². The van der Waals surface area contributed by atoms with Gasteiger partial charge in [-0.3, -0.25) is 4.79 Å². The minimum absolute atomic E-state index is 0. The summed E-state index contributed by atoms with van der Waals surface area (Å²) in [5, 5.41) is 20.7. The van der Waals surface area contributed by atoms with Crippen molar-refractivity contribution in [2.24, 2.45) is 10.2 Å². The number of nitrogens with zero attached hydrogens (tertiary/aromatic N) is 2. The molecular weight excluding hydrogens is 699 g/mol. The summed E-state index contributed by atoms with van der Waals surface area (Å²) in [4.78, 5) is 11.0. The molecule has 2 N–H and O–H groups in total. The van der Waals surface area contributed by atoms with Gasteiger partial charge in [0.2, 0.25) is 0 Å². The molecule has 4 aromatic carbocycles. The van der Waals surface area contributed by atoms with Crippen molar-refractivity contribution in [3.63, 3.8) is 0 Å². The molecule has 0 heterocycles. The van der Waals surface area contributed by atoms with Gasteiger partial charge in [-0.25, -0.2) is 16.8 Å². The molecule has 17 heteroatoms. The molecule has 0 aromatic heterocycles. The van der Waals surface area contributed by atoms with E-state index in [1.54, 1.807) is 12.1 Å². The second-order valence-electron chi connectivity index (χ2n) is 10.2. The first-order valence-corrected chi connectivity index (χ1v) is 16.8. The summed E-state index contributed by atoms with van der Waals surface area (Å²) in [7, 11) is -10.7. The summed E-state index contributed by atoms with van der Waals surface area (Å²) in [6.45, 7) is 0. The van der Waals surface area contributed by atoms with Crippen LogP contribution in [-0.4, -0.2) is 37.0 Å².